The second-order valence-electron chi connectivity index (χ2n) is 5.09. The van der Waals surface area contributed by atoms with E-state index in [9.17, 15) is 24.3 Å². The second-order valence-corrected chi connectivity index (χ2v) is 5.09. The number of hydrogen-bond donors (Lipinski definition) is 3. The first-order valence-electron chi connectivity index (χ1n) is 6.94. The monoisotopic (exact) mass is 343 g/mol. The molecule has 0 spiro atoms. The smallest absolute Gasteiger partial charge is 0.336 e. The summed E-state index contributed by atoms with van der Waals surface area (Å²) in [5.41, 5.74) is -0.459. The van der Waals surface area contributed by atoms with Gasteiger partial charge in [-0.05, 0) is 42.5 Å². The van der Waals surface area contributed by atoms with Gasteiger partial charge in [0.1, 0.15) is 0 Å². The van der Waals surface area contributed by atoms with Crippen LogP contribution in [0.25, 0.3) is 0 Å². The number of carboxylic acids is 3. The van der Waals surface area contributed by atoms with Crippen molar-refractivity contribution in [2.45, 2.75) is 0 Å². The van der Waals surface area contributed by atoms with Crippen LogP contribution in [0.4, 0.5) is 5.69 Å². The molecule has 25 heavy (non-hydrogen) atoms. The predicted molar refractivity (Wildman–Crippen MR) is 86.5 cm³/mol. The summed E-state index contributed by atoms with van der Waals surface area (Å²) in [5, 5.41) is 27.1. The molecule has 2 aromatic carbocycles. The topological polar surface area (TPSA) is 132 Å². The molecule has 0 saturated carbocycles. The first-order chi connectivity index (χ1) is 11.7. The molecule has 128 valence electrons. The Morgan fingerprint density at radius 2 is 1.24 bits per heavy atom. The van der Waals surface area contributed by atoms with Crippen molar-refractivity contribution in [1.29, 1.82) is 0 Å². The average Bonchev–Trinajstić information content (AvgIpc) is 2.59. The molecule has 0 aliphatic carbocycles. The molecule has 8 nitrogen and oxygen atoms in total. The Balaban J connectivity index is 2.40. The standard InChI is InChI=1S/C17H13NO7/c1-18(11-5-2-9(3-6-11)15(20)21)14(19)12-7-4-10(16(22)23)8-13(12)17(24)25/h2-8H,1H3,(H,20,21)(H,22,23)(H,24,25). The fraction of sp³-hybridized carbons (Fsp3) is 0.0588. The Kier molecular flexibility index (Phi) is 4.83. The first-order valence-corrected chi connectivity index (χ1v) is 6.94. The van der Waals surface area contributed by atoms with Gasteiger partial charge in [-0.3, -0.25) is 4.79 Å². The van der Waals surface area contributed by atoms with Gasteiger partial charge in [-0.2, -0.15) is 0 Å². The van der Waals surface area contributed by atoms with Crippen molar-refractivity contribution < 1.29 is 34.5 Å². The van der Waals surface area contributed by atoms with Crippen LogP contribution in [0.5, 0.6) is 0 Å². The molecule has 0 aromatic heterocycles. The third-order valence-corrected chi connectivity index (χ3v) is 3.53. The van der Waals surface area contributed by atoms with E-state index in [4.69, 9.17) is 10.2 Å². The summed E-state index contributed by atoms with van der Waals surface area (Å²) >= 11 is 0. The van der Waals surface area contributed by atoms with Crippen molar-refractivity contribution in [3.8, 4) is 0 Å². The van der Waals surface area contributed by atoms with Crippen LogP contribution < -0.4 is 4.90 Å². The van der Waals surface area contributed by atoms with E-state index in [1.54, 1.807) is 0 Å². The van der Waals surface area contributed by atoms with Crippen LogP contribution in [0, 0.1) is 0 Å². The van der Waals surface area contributed by atoms with Crippen LogP contribution in [-0.2, 0) is 0 Å². The summed E-state index contributed by atoms with van der Waals surface area (Å²) < 4.78 is 0. The first kappa shape index (κ1) is 17.7. The zero-order valence-electron chi connectivity index (χ0n) is 13.0. The van der Waals surface area contributed by atoms with E-state index in [-0.39, 0.29) is 16.7 Å². The van der Waals surface area contributed by atoms with Gasteiger partial charge >= 0.3 is 17.9 Å². The number of carboxylic acid groups (broad SMARTS) is 3. The second kappa shape index (κ2) is 6.83. The van der Waals surface area contributed by atoms with E-state index in [1.807, 2.05) is 0 Å². The molecule has 1 amide bonds. The summed E-state index contributed by atoms with van der Waals surface area (Å²) in [5.74, 6) is -4.52. The molecule has 2 rings (SSSR count). The number of carbonyl (C=O) groups excluding carboxylic acids is 1. The molecule has 0 bridgehead atoms. The predicted octanol–water partition coefficient (Wildman–Crippen LogP) is 2.06. The van der Waals surface area contributed by atoms with Gasteiger partial charge < -0.3 is 20.2 Å². The van der Waals surface area contributed by atoms with Crippen LogP contribution >= 0.6 is 0 Å². The summed E-state index contributed by atoms with van der Waals surface area (Å²) in [6.07, 6.45) is 0. The third kappa shape index (κ3) is 3.63. The molecule has 3 N–H and O–H groups in total. The highest BCUT2D eigenvalue weighted by Gasteiger charge is 2.22. The maximum atomic E-state index is 12.6. The van der Waals surface area contributed by atoms with Crippen molar-refractivity contribution >= 4 is 29.5 Å². The molecule has 0 aliphatic heterocycles. The van der Waals surface area contributed by atoms with Crippen LogP contribution in [0.2, 0.25) is 0 Å². The van der Waals surface area contributed by atoms with E-state index in [2.05, 4.69) is 0 Å². The van der Waals surface area contributed by atoms with Gasteiger partial charge in [0, 0.05) is 12.7 Å². The normalized spacial score (nSPS) is 10.1. The minimum absolute atomic E-state index is 0.0432. The summed E-state index contributed by atoms with van der Waals surface area (Å²) in [4.78, 5) is 46.9. The summed E-state index contributed by atoms with van der Waals surface area (Å²) in [6, 6.07) is 8.64. The Hall–Kier alpha value is -3.68. The Morgan fingerprint density at radius 3 is 1.72 bits per heavy atom. The average molecular weight is 343 g/mol. The van der Waals surface area contributed by atoms with Gasteiger partial charge in [0.15, 0.2) is 0 Å². The van der Waals surface area contributed by atoms with Crippen molar-refractivity contribution in [2.24, 2.45) is 0 Å². The highest BCUT2D eigenvalue weighted by atomic mass is 16.4. The van der Waals surface area contributed by atoms with E-state index in [0.29, 0.717) is 5.69 Å². The van der Waals surface area contributed by atoms with E-state index < -0.39 is 29.4 Å². The molecule has 2 aromatic rings. The number of benzene rings is 2. The quantitative estimate of drug-likeness (QED) is 0.757. The highest BCUT2D eigenvalue weighted by Crippen LogP contribution is 2.20. The van der Waals surface area contributed by atoms with Crippen molar-refractivity contribution in [1.82, 2.24) is 0 Å². The number of carbonyl (C=O) groups is 4. The molecule has 0 radical (unpaired) electrons. The third-order valence-electron chi connectivity index (χ3n) is 3.53. The summed E-state index contributed by atoms with van der Waals surface area (Å²) in [7, 11) is 1.40. The van der Waals surface area contributed by atoms with Crippen LogP contribution in [0.3, 0.4) is 0 Å². The molecule has 0 fully saturated rings. The van der Waals surface area contributed by atoms with Gasteiger partial charge in [-0.1, -0.05) is 0 Å². The molecule has 0 unspecified atom stereocenters. The fourth-order valence-electron chi connectivity index (χ4n) is 2.17. The molecule has 0 saturated heterocycles. The lowest BCUT2D eigenvalue weighted by molar-refractivity contribution is 0.0680. The maximum Gasteiger partial charge on any atom is 0.336 e. The van der Waals surface area contributed by atoms with Crippen LogP contribution in [0.15, 0.2) is 42.5 Å². The largest absolute Gasteiger partial charge is 0.478 e. The number of amides is 1. The number of anilines is 1. The van der Waals surface area contributed by atoms with Crippen LogP contribution in [0.1, 0.15) is 41.4 Å². The fourth-order valence-corrected chi connectivity index (χ4v) is 2.17. The lowest BCUT2D eigenvalue weighted by Crippen LogP contribution is -2.28. The highest BCUT2D eigenvalue weighted by molar-refractivity contribution is 6.12. The number of hydrogen-bond acceptors (Lipinski definition) is 4. The van der Waals surface area contributed by atoms with Gasteiger partial charge in [0.25, 0.3) is 5.91 Å². The maximum absolute atomic E-state index is 12.6. The minimum Gasteiger partial charge on any atom is -0.478 e. The molecular weight excluding hydrogens is 330 g/mol. The summed E-state index contributed by atoms with van der Waals surface area (Å²) in [6.45, 7) is 0. The zero-order valence-corrected chi connectivity index (χ0v) is 13.0. The lowest BCUT2D eigenvalue weighted by Gasteiger charge is -2.19. The SMILES string of the molecule is CN(C(=O)c1ccc(C(=O)O)cc1C(=O)O)c1ccc(C(=O)O)cc1. The Labute approximate surface area is 141 Å². The molecule has 0 atom stereocenters. The zero-order chi connectivity index (χ0) is 18.7. The van der Waals surface area contributed by atoms with Gasteiger partial charge in [-0.25, -0.2) is 14.4 Å². The van der Waals surface area contributed by atoms with E-state index in [0.717, 1.165) is 23.1 Å². The minimum atomic E-state index is -1.43. The number of rotatable bonds is 5. The molecule has 0 aliphatic rings. The molecular formula is C17H13NO7. The van der Waals surface area contributed by atoms with E-state index in [1.165, 1.54) is 31.3 Å². The van der Waals surface area contributed by atoms with Gasteiger partial charge in [-0.15, -0.1) is 0 Å². The van der Waals surface area contributed by atoms with Crippen molar-refractivity contribution in [3.05, 3.63) is 64.7 Å². The number of aromatic carboxylic acids is 3. The number of nitrogens with zero attached hydrogens (tertiary/aromatic N) is 1. The molecule has 0 heterocycles. The van der Waals surface area contributed by atoms with Crippen LogP contribution in [-0.4, -0.2) is 46.2 Å². The molecule has 8 heteroatoms. The van der Waals surface area contributed by atoms with Crippen molar-refractivity contribution in [3.63, 3.8) is 0 Å². The van der Waals surface area contributed by atoms with E-state index >= 15 is 0 Å². The van der Waals surface area contributed by atoms with Gasteiger partial charge in [0.2, 0.25) is 0 Å². The van der Waals surface area contributed by atoms with Gasteiger partial charge in [0.05, 0.1) is 22.3 Å². The van der Waals surface area contributed by atoms with Crippen molar-refractivity contribution in [2.75, 3.05) is 11.9 Å². The Morgan fingerprint density at radius 1 is 0.720 bits per heavy atom. The lowest BCUT2D eigenvalue weighted by atomic mass is 10.0. The Bertz CT molecular complexity index is 871.